The lowest BCUT2D eigenvalue weighted by Gasteiger charge is -2.02. The quantitative estimate of drug-likeness (QED) is 0.718. The predicted molar refractivity (Wildman–Crippen MR) is 57.3 cm³/mol. The van der Waals surface area contributed by atoms with Gasteiger partial charge in [0.2, 0.25) is 0 Å². The van der Waals surface area contributed by atoms with E-state index in [1.807, 2.05) is 0 Å². The van der Waals surface area contributed by atoms with Crippen LogP contribution in [0.4, 0.5) is 8.78 Å². The number of hydrogen-bond acceptors (Lipinski definition) is 1. The van der Waals surface area contributed by atoms with Crippen LogP contribution in [0, 0.1) is 11.6 Å². The second-order valence-corrected chi connectivity index (χ2v) is 3.78. The minimum Gasteiger partial charge on any atom is -0.241 e. The van der Waals surface area contributed by atoms with Crippen molar-refractivity contribution in [2.75, 3.05) is 0 Å². The van der Waals surface area contributed by atoms with E-state index in [1.165, 1.54) is 12.1 Å². The van der Waals surface area contributed by atoms with E-state index in [2.05, 4.69) is 20.9 Å². The Morgan fingerprint density at radius 1 is 1.07 bits per heavy atom. The van der Waals surface area contributed by atoms with Crippen molar-refractivity contribution in [1.29, 1.82) is 0 Å². The fourth-order valence-electron chi connectivity index (χ4n) is 1.26. The normalized spacial score (nSPS) is 10.3. The molecule has 0 N–H and O–H groups in total. The van der Waals surface area contributed by atoms with Crippen LogP contribution in [0.5, 0.6) is 0 Å². The molecule has 0 saturated heterocycles. The molecular formula is C11H6BrF2N. The molecule has 0 radical (unpaired) electrons. The zero-order valence-corrected chi connectivity index (χ0v) is 9.13. The number of pyridine rings is 1. The second kappa shape index (κ2) is 4.06. The van der Waals surface area contributed by atoms with Crippen molar-refractivity contribution < 1.29 is 8.78 Å². The molecular weight excluding hydrogens is 264 g/mol. The highest BCUT2D eigenvalue weighted by molar-refractivity contribution is 9.10. The van der Waals surface area contributed by atoms with Gasteiger partial charge in [-0.25, -0.2) is 13.8 Å². The number of rotatable bonds is 1. The lowest BCUT2D eigenvalue weighted by Crippen LogP contribution is -1.89. The molecule has 0 spiro atoms. The minimum absolute atomic E-state index is 0.290. The summed E-state index contributed by atoms with van der Waals surface area (Å²) >= 11 is 3.19. The van der Waals surface area contributed by atoms with E-state index in [1.54, 1.807) is 18.2 Å². The second-order valence-electron chi connectivity index (χ2n) is 2.97. The average Bonchev–Trinajstić information content (AvgIpc) is 2.17. The SMILES string of the molecule is Fc1ccc(-c2cccc(Br)n2)c(F)c1. The third kappa shape index (κ3) is 2.21. The topological polar surface area (TPSA) is 12.9 Å². The molecule has 0 fully saturated rings. The van der Waals surface area contributed by atoms with Crippen LogP contribution in [-0.2, 0) is 0 Å². The summed E-state index contributed by atoms with van der Waals surface area (Å²) in [6.07, 6.45) is 0. The average molecular weight is 270 g/mol. The van der Waals surface area contributed by atoms with E-state index >= 15 is 0 Å². The lowest BCUT2D eigenvalue weighted by atomic mass is 10.1. The van der Waals surface area contributed by atoms with Crippen LogP contribution in [-0.4, -0.2) is 4.98 Å². The van der Waals surface area contributed by atoms with Gasteiger partial charge >= 0.3 is 0 Å². The van der Waals surface area contributed by atoms with Crippen LogP contribution in [0.25, 0.3) is 11.3 Å². The van der Waals surface area contributed by atoms with Crippen LogP contribution in [0.15, 0.2) is 41.0 Å². The van der Waals surface area contributed by atoms with Gasteiger partial charge in [-0.3, -0.25) is 0 Å². The summed E-state index contributed by atoms with van der Waals surface area (Å²) < 4.78 is 26.7. The van der Waals surface area contributed by atoms with Gasteiger partial charge in [0, 0.05) is 11.6 Å². The first-order chi connectivity index (χ1) is 7.16. The van der Waals surface area contributed by atoms with E-state index in [4.69, 9.17) is 0 Å². The van der Waals surface area contributed by atoms with E-state index in [0.717, 1.165) is 6.07 Å². The van der Waals surface area contributed by atoms with Crippen molar-refractivity contribution in [1.82, 2.24) is 4.98 Å². The van der Waals surface area contributed by atoms with E-state index in [9.17, 15) is 8.78 Å². The number of aromatic nitrogens is 1. The highest BCUT2D eigenvalue weighted by Crippen LogP contribution is 2.22. The Hall–Kier alpha value is -1.29. The maximum absolute atomic E-state index is 13.4. The monoisotopic (exact) mass is 269 g/mol. The lowest BCUT2D eigenvalue weighted by molar-refractivity contribution is 0.585. The van der Waals surface area contributed by atoms with Crippen LogP contribution in [0.3, 0.4) is 0 Å². The van der Waals surface area contributed by atoms with Crippen molar-refractivity contribution in [3.8, 4) is 11.3 Å². The molecule has 4 heteroatoms. The van der Waals surface area contributed by atoms with Crippen molar-refractivity contribution in [3.63, 3.8) is 0 Å². The maximum Gasteiger partial charge on any atom is 0.135 e. The van der Waals surface area contributed by atoms with Crippen LogP contribution < -0.4 is 0 Å². The Morgan fingerprint density at radius 2 is 1.87 bits per heavy atom. The molecule has 76 valence electrons. The van der Waals surface area contributed by atoms with Gasteiger partial charge in [0.25, 0.3) is 0 Å². The summed E-state index contributed by atoms with van der Waals surface area (Å²) in [6, 6.07) is 8.58. The summed E-state index contributed by atoms with van der Waals surface area (Å²) in [5.41, 5.74) is 0.763. The van der Waals surface area contributed by atoms with Crippen molar-refractivity contribution in [2.24, 2.45) is 0 Å². The summed E-state index contributed by atoms with van der Waals surface area (Å²) in [4.78, 5) is 4.09. The molecule has 2 rings (SSSR count). The third-order valence-electron chi connectivity index (χ3n) is 1.92. The van der Waals surface area contributed by atoms with Gasteiger partial charge in [-0.15, -0.1) is 0 Å². The first-order valence-corrected chi connectivity index (χ1v) is 5.04. The highest BCUT2D eigenvalue weighted by Gasteiger charge is 2.07. The van der Waals surface area contributed by atoms with Gasteiger partial charge in [0.15, 0.2) is 0 Å². The molecule has 0 amide bonds. The zero-order chi connectivity index (χ0) is 10.8. The molecule has 0 aliphatic carbocycles. The van der Waals surface area contributed by atoms with E-state index in [-0.39, 0.29) is 5.56 Å². The zero-order valence-electron chi connectivity index (χ0n) is 7.55. The number of benzene rings is 1. The molecule has 2 aromatic rings. The van der Waals surface area contributed by atoms with Gasteiger partial charge in [0.05, 0.1) is 5.69 Å². The Labute approximate surface area is 93.9 Å². The van der Waals surface area contributed by atoms with Gasteiger partial charge in [-0.2, -0.15) is 0 Å². The van der Waals surface area contributed by atoms with Gasteiger partial charge in [-0.1, -0.05) is 6.07 Å². The van der Waals surface area contributed by atoms with Crippen molar-refractivity contribution in [2.45, 2.75) is 0 Å². The molecule has 0 aliphatic heterocycles. The summed E-state index contributed by atoms with van der Waals surface area (Å²) in [5.74, 6) is -1.20. The molecule has 1 nitrogen and oxygen atoms in total. The predicted octanol–water partition coefficient (Wildman–Crippen LogP) is 3.79. The van der Waals surface area contributed by atoms with Crippen molar-refractivity contribution >= 4 is 15.9 Å². The minimum atomic E-state index is -0.611. The fourth-order valence-corrected chi connectivity index (χ4v) is 1.60. The molecule has 0 unspecified atom stereocenters. The van der Waals surface area contributed by atoms with Crippen LogP contribution >= 0.6 is 15.9 Å². The fraction of sp³-hybridized carbons (Fsp3) is 0. The Balaban J connectivity index is 2.54. The molecule has 0 bridgehead atoms. The van der Waals surface area contributed by atoms with E-state index in [0.29, 0.717) is 10.3 Å². The van der Waals surface area contributed by atoms with Gasteiger partial charge in [-0.05, 0) is 40.2 Å². The molecule has 1 aromatic carbocycles. The summed E-state index contributed by atoms with van der Waals surface area (Å²) in [5, 5.41) is 0. The molecule has 1 aromatic heterocycles. The van der Waals surface area contributed by atoms with E-state index < -0.39 is 11.6 Å². The number of halogens is 3. The molecule has 0 saturated carbocycles. The van der Waals surface area contributed by atoms with Gasteiger partial charge < -0.3 is 0 Å². The van der Waals surface area contributed by atoms with Crippen LogP contribution in [0.2, 0.25) is 0 Å². The Morgan fingerprint density at radius 3 is 2.53 bits per heavy atom. The highest BCUT2D eigenvalue weighted by atomic mass is 79.9. The summed E-state index contributed by atoms with van der Waals surface area (Å²) in [6.45, 7) is 0. The van der Waals surface area contributed by atoms with Crippen molar-refractivity contribution in [3.05, 3.63) is 52.6 Å². The first-order valence-electron chi connectivity index (χ1n) is 4.25. The largest absolute Gasteiger partial charge is 0.241 e. The Kier molecular flexibility index (Phi) is 2.77. The molecule has 0 atom stereocenters. The third-order valence-corrected chi connectivity index (χ3v) is 2.36. The molecule has 15 heavy (non-hydrogen) atoms. The Bertz CT molecular complexity index is 500. The molecule has 1 heterocycles. The van der Waals surface area contributed by atoms with Gasteiger partial charge in [0.1, 0.15) is 16.2 Å². The summed E-state index contributed by atoms with van der Waals surface area (Å²) in [7, 11) is 0. The first kappa shape index (κ1) is 10.2. The number of hydrogen-bond donors (Lipinski definition) is 0. The smallest absolute Gasteiger partial charge is 0.135 e. The standard InChI is InChI=1S/C11H6BrF2N/c12-11-3-1-2-10(15-11)8-5-4-7(13)6-9(8)14/h1-6H. The molecule has 0 aliphatic rings. The maximum atomic E-state index is 13.4. The number of nitrogens with zero attached hydrogens (tertiary/aromatic N) is 1. The van der Waals surface area contributed by atoms with Crippen LogP contribution in [0.1, 0.15) is 0 Å².